The van der Waals surface area contributed by atoms with E-state index in [1.54, 1.807) is 3.97 Å². The second-order valence-corrected chi connectivity index (χ2v) is 4.68. The molecule has 4 N–H and O–H groups in total. The van der Waals surface area contributed by atoms with Gasteiger partial charge in [-0.05, 0) is 11.1 Å². The molecule has 19 heavy (non-hydrogen) atoms. The van der Waals surface area contributed by atoms with Crippen molar-refractivity contribution >= 4 is 29.7 Å². The van der Waals surface area contributed by atoms with Crippen LogP contribution < -0.4 is 11.5 Å². The molecule has 2 heterocycles. The Morgan fingerprint density at radius 3 is 2.58 bits per heavy atom. The van der Waals surface area contributed by atoms with E-state index in [0.29, 0.717) is 18.0 Å². The van der Waals surface area contributed by atoms with Crippen molar-refractivity contribution in [3.63, 3.8) is 0 Å². The van der Waals surface area contributed by atoms with Gasteiger partial charge in [-0.2, -0.15) is 0 Å². The Bertz CT molecular complexity index is 733. The smallest absolute Gasteiger partial charge is 0.155 e. The van der Waals surface area contributed by atoms with Gasteiger partial charge in [0, 0.05) is 18.3 Å². The molecule has 1 aromatic carbocycles. The van der Waals surface area contributed by atoms with E-state index in [1.165, 1.54) is 6.33 Å². The van der Waals surface area contributed by atoms with Crippen molar-refractivity contribution in [3.8, 4) is 11.1 Å². The summed E-state index contributed by atoms with van der Waals surface area (Å²) in [6.45, 7) is 0.528. The van der Waals surface area contributed by atoms with Crippen molar-refractivity contribution in [1.82, 2.24) is 13.9 Å². The van der Waals surface area contributed by atoms with Crippen molar-refractivity contribution < 1.29 is 0 Å². The van der Waals surface area contributed by atoms with E-state index < -0.39 is 0 Å². The second kappa shape index (κ2) is 4.56. The number of thiol groups is 1. The molecule has 0 bridgehead atoms. The zero-order valence-electron chi connectivity index (χ0n) is 10.1. The first-order valence-electron chi connectivity index (χ1n) is 5.81. The molecule has 0 saturated heterocycles. The van der Waals surface area contributed by atoms with Crippen LogP contribution in [0.25, 0.3) is 22.2 Å². The fraction of sp³-hybridized carbons (Fsp3) is 0.0769. The van der Waals surface area contributed by atoms with Crippen molar-refractivity contribution in [2.24, 2.45) is 5.73 Å². The van der Waals surface area contributed by atoms with Crippen LogP contribution in [0.5, 0.6) is 0 Å². The normalized spacial score (nSPS) is 11.1. The molecule has 0 saturated carbocycles. The summed E-state index contributed by atoms with van der Waals surface area (Å²) in [4.78, 5) is 8.24. The minimum Gasteiger partial charge on any atom is -0.383 e. The molecular weight excluding hydrogens is 258 g/mol. The molecule has 0 aliphatic carbocycles. The molecule has 0 unspecified atom stereocenters. The van der Waals surface area contributed by atoms with E-state index in [-0.39, 0.29) is 0 Å². The van der Waals surface area contributed by atoms with Crippen molar-refractivity contribution in [3.05, 3.63) is 42.4 Å². The van der Waals surface area contributed by atoms with Gasteiger partial charge in [-0.25, -0.2) is 9.97 Å². The highest BCUT2D eigenvalue weighted by atomic mass is 32.1. The van der Waals surface area contributed by atoms with Crippen LogP contribution in [0.3, 0.4) is 0 Å². The number of aromatic nitrogens is 3. The number of benzene rings is 1. The second-order valence-electron chi connectivity index (χ2n) is 4.25. The highest BCUT2D eigenvalue weighted by molar-refractivity contribution is 7.78. The predicted octanol–water partition coefficient (Wildman–Crippen LogP) is 1.83. The monoisotopic (exact) mass is 271 g/mol. The van der Waals surface area contributed by atoms with E-state index in [2.05, 4.69) is 22.8 Å². The molecule has 0 aliphatic rings. The molecule has 6 heteroatoms. The van der Waals surface area contributed by atoms with Gasteiger partial charge in [0.15, 0.2) is 5.65 Å². The third-order valence-corrected chi connectivity index (χ3v) is 3.40. The van der Waals surface area contributed by atoms with Crippen molar-refractivity contribution in [2.45, 2.75) is 6.54 Å². The predicted molar refractivity (Wildman–Crippen MR) is 79.7 cm³/mol. The lowest BCUT2D eigenvalue weighted by Crippen LogP contribution is -1.95. The van der Waals surface area contributed by atoms with Crippen LogP contribution in [0.1, 0.15) is 5.56 Å². The average molecular weight is 271 g/mol. The van der Waals surface area contributed by atoms with Gasteiger partial charge in [-0.1, -0.05) is 37.1 Å². The Morgan fingerprint density at radius 2 is 1.89 bits per heavy atom. The van der Waals surface area contributed by atoms with Gasteiger partial charge in [0.1, 0.15) is 12.1 Å². The van der Waals surface area contributed by atoms with E-state index >= 15 is 0 Å². The number of nitrogen functional groups attached to an aromatic ring is 1. The molecule has 0 atom stereocenters. The maximum Gasteiger partial charge on any atom is 0.155 e. The first-order chi connectivity index (χ1) is 9.20. The lowest BCUT2D eigenvalue weighted by molar-refractivity contribution is 1.07. The molecule has 3 aromatic rings. The Kier molecular flexibility index (Phi) is 2.88. The standard InChI is InChI=1S/C13H13N5S/c14-5-8-1-3-9(4-2-8)10-6-18(19)13-11(10)12(15)16-7-17-13/h1-4,6-7,19H,5,14H2,(H2,15,16,17). The summed E-state index contributed by atoms with van der Waals surface area (Å²) < 4.78 is 1.65. The number of nitrogens with two attached hydrogens (primary N) is 2. The van der Waals surface area contributed by atoms with Crippen LogP contribution in [0.15, 0.2) is 36.8 Å². The van der Waals surface area contributed by atoms with E-state index in [0.717, 1.165) is 22.1 Å². The maximum atomic E-state index is 5.95. The third-order valence-electron chi connectivity index (χ3n) is 3.09. The van der Waals surface area contributed by atoms with Crippen LogP contribution in [0.4, 0.5) is 5.82 Å². The summed E-state index contributed by atoms with van der Waals surface area (Å²) in [5.74, 6) is 0.454. The first kappa shape index (κ1) is 12.0. The maximum absolute atomic E-state index is 5.95. The van der Waals surface area contributed by atoms with Crippen LogP contribution in [0, 0.1) is 0 Å². The molecule has 3 rings (SSSR count). The van der Waals surface area contributed by atoms with E-state index in [9.17, 15) is 0 Å². The van der Waals surface area contributed by atoms with Crippen LogP contribution in [-0.2, 0) is 6.54 Å². The molecule has 0 radical (unpaired) electrons. The number of hydrogen-bond donors (Lipinski definition) is 3. The molecule has 0 aliphatic heterocycles. The number of rotatable bonds is 2. The van der Waals surface area contributed by atoms with Gasteiger partial charge in [-0.3, -0.25) is 3.97 Å². The van der Waals surface area contributed by atoms with E-state index in [1.807, 2.05) is 30.5 Å². The minimum atomic E-state index is 0.454. The van der Waals surface area contributed by atoms with Gasteiger partial charge in [0.05, 0.1) is 5.39 Å². The minimum absolute atomic E-state index is 0.454. The summed E-state index contributed by atoms with van der Waals surface area (Å²) in [5, 5.41) is 0.818. The van der Waals surface area contributed by atoms with Crippen LogP contribution in [-0.4, -0.2) is 13.9 Å². The highest BCUT2D eigenvalue weighted by Crippen LogP contribution is 2.32. The summed E-state index contributed by atoms with van der Waals surface area (Å²) >= 11 is 4.36. The van der Waals surface area contributed by atoms with Gasteiger partial charge in [0.2, 0.25) is 0 Å². The van der Waals surface area contributed by atoms with Crippen LogP contribution in [0.2, 0.25) is 0 Å². The lowest BCUT2D eigenvalue weighted by Gasteiger charge is -2.02. The molecule has 0 amide bonds. The average Bonchev–Trinajstić information content (AvgIpc) is 2.78. The van der Waals surface area contributed by atoms with Gasteiger partial charge < -0.3 is 11.5 Å². The number of nitrogens with zero attached hydrogens (tertiary/aromatic N) is 3. The summed E-state index contributed by atoms with van der Waals surface area (Å²) in [6, 6.07) is 8.02. The Balaban J connectivity index is 2.24. The zero-order chi connectivity index (χ0) is 13.4. The third kappa shape index (κ3) is 1.94. The van der Waals surface area contributed by atoms with Crippen molar-refractivity contribution in [2.75, 3.05) is 5.73 Å². The topological polar surface area (TPSA) is 82.8 Å². The lowest BCUT2D eigenvalue weighted by atomic mass is 10.0. The molecule has 0 fully saturated rings. The summed E-state index contributed by atoms with van der Waals surface area (Å²) in [7, 11) is 0. The highest BCUT2D eigenvalue weighted by Gasteiger charge is 2.13. The van der Waals surface area contributed by atoms with Gasteiger partial charge in [0.25, 0.3) is 0 Å². The van der Waals surface area contributed by atoms with Crippen LogP contribution >= 0.6 is 12.8 Å². The summed E-state index contributed by atoms with van der Waals surface area (Å²) in [6.07, 6.45) is 3.32. The molecule has 96 valence electrons. The first-order valence-corrected chi connectivity index (χ1v) is 6.21. The summed E-state index contributed by atoms with van der Waals surface area (Å²) in [5.41, 5.74) is 15.3. The molecular formula is C13H13N5S. The van der Waals surface area contributed by atoms with Gasteiger partial charge >= 0.3 is 0 Å². The zero-order valence-corrected chi connectivity index (χ0v) is 11.0. The largest absolute Gasteiger partial charge is 0.383 e. The van der Waals surface area contributed by atoms with Gasteiger partial charge in [-0.15, -0.1) is 0 Å². The van der Waals surface area contributed by atoms with E-state index in [4.69, 9.17) is 11.5 Å². The number of hydrogen-bond acceptors (Lipinski definition) is 5. The molecule has 2 aromatic heterocycles. The quantitative estimate of drug-likeness (QED) is 0.621. The molecule has 0 spiro atoms. The Hall–Kier alpha value is -2.05. The Labute approximate surface area is 115 Å². The SMILES string of the molecule is NCc1ccc(-c2cn(S)c3ncnc(N)c23)cc1. The molecule has 5 nitrogen and oxygen atoms in total. The fourth-order valence-electron chi connectivity index (χ4n) is 2.11. The fourth-order valence-corrected chi connectivity index (χ4v) is 2.38. The number of anilines is 1. The number of fused-ring (bicyclic) bond motifs is 1. The van der Waals surface area contributed by atoms with Crippen molar-refractivity contribution in [1.29, 1.82) is 0 Å². The Morgan fingerprint density at radius 1 is 1.16 bits per heavy atom.